The van der Waals surface area contributed by atoms with Gasteiger partial charge in [0.1, 0.15) is 0 Å². The van der Waals surface area contributed by atoms with Crippen molar-refractivity contribution in [3.8, 4) is 0 Å². The summed E-state index contributed by atoms with van der Waals surface area (Å²) in [6.07, 6.45) is 34.9. The van der Waals surface area contributed by atoms with Crippen LogP contribution >= 0.6 is 38.9 Å². The lowest BCUT2D eigenvalue weighted by molar-refractivity contribution is 0.548. The van der Waals surface area contributed by atoms with E-state index >= 15 is 0 Å². The van der Waals surface area contributed by atoms with Gasteiger partial charge in [0.05, 0.1) is 0 Å². The second-order valence-electron chi connectivity index (χ2n) is 16.2. The number of halogens is 2. The van der Waals surface area contributed by atoms with Gasteiger partial charge in [-0.05, 0) is 46.4 Å². The number of nitrogens with one attached hydrogen (secondary N) is 2. The van der Waals surface area contributed by atoms with Crippen LogP contribution in [0.5, 0.6) is 0 Å². The maximum absolute atomic E-state index is 9.35. The molecule has 0 aliphatic carbocycles. The van der Waals surface area contributed by atoms with E-state index in [0.717, 1.165) is 12.3 Å². The average molecular weight is 868 g/mol. The van der Waals surface area contributed by atoms with Crippen molar-refractivity contribution in [3.05, 3.63) is 121 Å². The topological polar surface area (TPSA) is 47.7 Å². The summed E-state index contributed by atoms with van der Waals surface area (Å²) in [5.74, 6) is 0. The zero-order valence-corrected chi connectivity index (χ0v) is 40.1. The molecule has 4 aromatic carbocycles. The number of hydrogen-bond acceptors (Lipinski definition) is 2. The van der Waals surface area contributed by atoms with Crippen molar-refractivity contribution in [2.24, 2.45) is 0 Å². The first-order chi connectivity index (χ1) is 27.5. The Hall–Kier alpha value is -2.08. The second-order valence-corrected chi connectivity index (χ2v) is 22.4. The highest BCUT2D eigenvalue weighted by atomic mass is 35.5. The smallest absolute Gasteiger partial charge is 0.0237 e. The SMILES string of the molecule is CCCCCCCCCCCCCCP(=N)(c1ccccc1)c1ccccc1.CCCCCCCCCCCCCCP(=N)(c1ccccc1)c1ccccc1.Cl.Cl. The molecule has 6 heteroatoms. The fraction of sp³-hybridized carbons (Fsp3) is 0.538. The van der Waals surface area contributed by atoms with Crippen molar-refractivity contribution in [3.63, 3.8) is 0 Å². The van der Waals surface area contributed by atoms with E-state index in [9.17, 15) is 10.3 Å². The van der Waals surface area contributed by atoms with E-state index in [1.165, 1.54) is 175 Å². The summed E-state index contributed by atoms with van der Waals surface area (Å²) in [5, 5.41) is 23.6. The molecule has 0 amide bonds. The molecule has 2 N–H and O–H groups in total. The van der Waals surface area contributed by atoms with E-state index in [0.29, 0.717) is 0 Å². The zero-order chi connectivity index (χ0) is 39.8. The highest BCUT2D eigenvalue weighted by Crippen LogP contribution is 2.46. The minimum Gasteiger partial charge on any atom is -0.309 e. The van der Waals surface area contributed by atoms with Crippen molar-refractivity contribution >= 4 is 60.1 Å². The van der Waals surface area contributed by atoms with Gasteiger partial charge in [0.2, 0.25) is 0 Å². The third kappa shape index (κ3) is 21.4. The van der Waals surface area contributed by atoms with Crippen LogP contribution in [0.25, 0.3) is 0 Å². The minimum atomic E-state index is -2.00. The van der Waals surface area contributed by atoms with Gasteiger partial charge in [-0.3, -0.25) is 0 Å². The largest absolute Gasteiger partial charge is 0.309 e. The van der Waals surface area contributed by atoms with Crippen molar-refractivity contribution in [1.82, 2.24) is 0 Å². The average Bonchev–Trinajstić information content (AvgIpc) is 3.25. The quantitative estimate of drug-likeness (QED) is 0.0387. The van der Waals surface area contributed by atoms with Gasteiger partial charge in [-0.2, -0.15) is 0 Å². The maximum Gasteiger partial charge on any atom is 0.0237 e. The summed E-state index contributed by atoms with van der Waals surface area (Å²) >= 11 is 0. The number of unbranched alkanes of at least 4 members (excludes halogenated alkanes) is 22. The third-order valence-electron chi connectivity index (χ3n) is 11.5. The highest BCUT2D eigenvalue weighted by molar-refractivity contribution is 7.80. The van der Waals surface area contributed by atoms with Gasteiger partial charge in [-0.25, -0.2) is 0 Å². The van der Waals surface area contributed by atoms with E-state index in [1.54, 1.807) is 0 Å². The third-order valence-corrected chi connectivity index (χ3v) is 18.2. The van der Waals surface area contributed by atoms with Gasteiger partial charge in [0.25, 0.3) is 0 Å². The van der Waals surface area contributed by atoms with E-state index in [1.807, 2.05) is 0 Å². The lowest BCUT2D eigenvalue weighted by atomic mass is 10.1. The van der Waals surface area contributed by atoms with Crippen LogP contribution in [0.3, 0.4) is 0 Å². The standard InChI is InChI=1S/2C26H40NP.2ClH/c2*1-2-3-4-5-6-7-8-9-10-11-12-19-24-28(27,25-20-15-13-16-21-25)26-22-17-14-18-23-26;;/h2*13-18,20-23,27H,2-12,19,24H2,1H3;2*1H. The van der Waals surface area contributed by atoms with Gasteiger partial charge in [-0.15, -0.1) is 24.8 Å². The molecule has 4 rings (SSSR count). The monoisotopic (exact) mass is 867 g/mol. The summed E-state index contributed by atoms with van der Waals surface area (Å²) in [4.78, 5) is 0. The van der Waals surface area contributed by atoms with Crippen LogP contribution in [-0.4, -0.2) is 12.3 Å². The number of benzene rings is 4. The van der Waals surface area contributed by atoms with Crippen LogP contribution < -0.4 is 21.2 Å². The molecule has 324 valence electrons. The molecule has 0 aliphatic heterocycles. The van der Waals surface area contributed by atoms with E-state index < -0.39 is 14.1 Å². The summed E-state index contributed by atoms with van der Waals surface area (Å²) in [7, 11) is -4.01. The zero-order valence-electron chi connectivity index (χ0n) is 36.6. The van der Waals surface area contributed by atoms with Crippen LogP contribution in [0.2, 0.25) is 0 Å². The summed E-state index contributed by atoms with van der Waals surface area (Å²) < 4.78 is 0. The Balaban J connectivity index is 0.000000561. The Bertz CT molecular complexity index is 1380. The number of hydrogen-bond donors (Lipinski definition) is 2. The molecule has 2 nitrogen and oxygen atoms in total. The molecule has 0 saturated carbocycles. The Kier molecular flexibility index (Phi) is 32.2. The van der Waals surface area contributed by atoms with Gasteiger partial charge in [-0.1, -0.05) is 276 Å². The lowest BCUT2D eigenvalue weighted by Crippen LogP contribution is -2.18. The summed E-state index contributed by atoms with van der Waals surface area (Å²) in [5.41, 5.74) is 0. The Morgan fingerprint density at radius 1 is 0.276 bits per heavy atom. The van der Waals surface area contributed by atoms with E-state index in [4.69, 9.17) is 0 Å². The van der Waals surface area contributed by atoms with Crippen molar-refractivity contribution in [2.45, 2.75) is 168 Å². The molecule has 0 saturated heterocycles. The van der Waals surface area contributed by atoms with Gasteiger partial charge in [0.15, 0.2) is 0 Å². The van der Waals surface area contributed by atoms with Crippen LogP contribution in [0.4, 0.5) is 0 Å². The summed E-state index contributed by atoms with van der Waals surface area (Å²) in [6.45, 7) is 4.57. The molecule has 0 aliphatic rings. The normalized spacial score (nSPS) is 11.2. The van der Waals surface area contributed by atoms with Crippen LogP contribution in [0.15, 0.2) is 121 Å². The molecule has 0 unspecified atom stereocenters. The molecule has 0 heterocycles. The van der Waals surface area contributed by atoms with E-state index in [2.05, 4.69) is 135 Å². The number of rotatable bonds is 30. The van der Waals surface area contributed by atoms with Gasteiger partial charge < -0.3 is 10.3 Å². The lowest BCUT2D eigenvalue weighted by Gasteiger charge is -2.23. The van der Waals surface area contributed by atoms with Crippen molar-refractivity contribution in [1.29, 1.82) is 10.3 Å². The molecule has 58 heavy (non-hydrogen) atoms. The molecular weight excluding hydrogens is 785 g/mol. The van der Waals surface area contributed by atoms with Crippen LogP contribution in [0, 0.1) is 10.3 Å². The first-order valence-electron chi connectivity index (χ1n) is 23.0. The molecule has 0 atom stereocenters. The van der Waals surface area contributed by atoms with Crippen LogP contribution in [-0.2, 0) is 0 Å². The molecule has 0 radical (unpaired) electrons. The van der Waals surface area contributed by atoms with Gasteiger partial charge >= 0.3 is 0 Å². The molecule has 0 spiro atoms. The van der Waals surface area contributed by atoms with Gasteiger partial charge in [0, 0.05) is 14.1 Å². The minimum absolute atomic E-state index is 0. The molecular formula is C52H82Cl2N2P2. The molecule has 4 aromatic rings. The second kappa shape index (κ2) is 34.6. The Labute approximate surface area is 370 Å². The van der Waals surface area contributed by atoms with Crippen LogP contribution in [0.1, 0.15) is 168 Å². The fourth-order valence-corrected chi connectivity index (χ4v) is 13.7. The fourth-order valence-electron chi connectivity index (χ4n) is 7.92. The summed E-state index contributed by atoms with van der Waals surface area (Å²) in [6, 6.07) is 42.2. The maximum atomic E-state index is 9.35. The Morgan fingerprint density at radius 3 is 0.638 bits per heavy atom. The predicted octanol–water partition coefficient (Wildman–Crippen LogP) is 17.1. The predicted molar refractivity (Wildman–Crippen MR) is 270 cm³/mol. The molecule has 0 bridgehead atoms. The first kappa shape index (κ1) is 53.9. The Morgan fingerprint density at radius 2 is 0.448 bits per heavy atom. The molecule has 0 aromatic heterocycles. The van der Waals surface area contributed by atoms with Crippen molar-refractivity contribution < 1.29 is 0 Å². The van der Waals surface area contributed by atoms with Crippen molar-refractivity contribution in [2.75, 3.05) is 12.3 Å². The highest BCUT2D eigenvalue weighted by Gasteiger charge is 2.22. The molecule has 0 fully saturated rings. The van der Waals surface area contributed by atoms with E-state index in [-0.39, 0.29) is 24.8 Å². The first-order valence-corrected chi connectivity index (χ1v) is 27.0.